The Morgan fingerprint density at radius 3 is 2.59 bits per heavy atom. The molecule has 27 heavy (non-hydrogen) atoms. The molecule has 0 atom stereocenters. The second-order valence-corrected chi connectivity index (χ2v) is 7.55. The van der Waals surface area contributed by atoms with Crippen molar-refractivity contribution in [3.8, 4) is 0 Å². The van der Waals surface area contributed by atoms with Gasteiger partial charge in [-0.25, -0.2) is 17.5 Å². The van der Waals surface area contributed by atoms with Crippen LogP contribution in [0.15, 0.2) is 76.2 Å². The topological polar surface area (TPSA) is 88.4 Å². The molecule has 0 spiro atoms. The summed E-state index contributed by atoms with van der Waals surface area (Å²) in [5.74, 6) is -0.312. The molecule has 0 bridgehead atoms. The molecule has 0 aliphatic rings. The van der Waals surface area contributed by atoms with Crippen molar-refractivity contribution in [3.63, 3.8) is 0 Å². The van der Waals surface area contributed by atoms with Crippen LogP contribution in [0.4, 0.5) is 10.1 Å². The van der Waals surface area contributed by atoms with Crippen molar-refractivity contribution < 1.29 is 22.0 Å². The molecule has 0 saturated carbocycles. The molecule has 140 valence electrons. The van der Waals surface area contributed by atoms with E-state index < -0.39 is 15.8 Å². The van der Waals surface area contributed by atoms with E-state index in [2.05, 4.69) is 10.0 Å². The summed E-state index contributed by atoms with van der Waals surface area (Å²) in [7, 11) is -3.77. The lowest BCUT2D eigenvalue weighted by atomic mass is 10.1. The van der Waals surface area contributed by atoms with Gasteiger partial charge in [0.15, 0.2) is 0 Å². The minimum atomic E-state index is -3.77. The third-order valence-electron chi connectivity index (χ3n) is 3.70. The maximum Gasteiger partial charge on any atom is 0.241 e. The minimum absolute atomic E-state index is 0.0117. The highest BCUT2D eigenvalue weighted by Gasteiger charge is 2.15. The Hall–Kier alpha value is -2.97. The van der Waals surface area contributed by atoms with Gasteiger partial charge in [0.2, 0.25) is 15.9 Å². The summed E-state index contributed by atoms with van der Waals surface area (Å²) in [4.78, 5) is 12.1. The number of furan rings is 1. The summed E-state index contributed by atoms with van der Waals surface area (Å²) in [6.45, 7) is 0.0193. The summed E-state index contributed by atoms with van der Waals surface area (Å²) in [5, 5.41) is 2.62. The normalized spacial score (nSPS) is 11.3. The van der Waals surface area contributed by atoms with Crippen LogP contribution < -0.4 is 10.0 Å². The van der Waals surface area contributed by atoms with E-state index in [-0.39, 0.29) is 23.8 Å². The number of halogens is 1. The fourth-order valence-electron chi connectivity index (χ4n) is 2.44. The van der Waals surface area contributed by atoms with Crippen LogP contribution in [0.25, 0.3) is 0 Å². The van der Waals surface area contributed by atoms with E-state index in [9.17, 15) is 17.6 Å². The number of benzene rings is 2. The number of hydrogen-bond acceptors (Lipinski definition) is 4. The van der Waals surface area contributed by atoms with Crippen LogP contribution >= 0.6 is 0 Å². The molecule has 1 amide bonds. The molecule has 0 unspecified atom stereocenters. The van der Waals surface area contributed by atoms with Gasteiger partial charge in [-0.1, -0.05) is 18.2 Å². The molecule has 3 rings (SSSR count). The number of sulfonamides is 1. The van der Waals surface area contributed by atoms with Crippen LogP contribution in [-0.2, 0) is 27.8 Å². The zero-order chi connectivity index (χ0) is 19.3. The molecule has 0 fully saturated rings. The lowest BCUT2D eigenvalue weighted by Gasteiger charge is -2.09. The van der Waals surface area contributed by atoms with Crippen molar-refractivity contribution in [3.05, 3.63) is 84.1 Å². The average molecular weight is 388 g/mol. The second-order valence-electron chi connectivity index (χ2n) is 5.79. The van der Waals surface area contributed by atoms with Gasteiger partial charge in [0.05, 0.1) is 24.1 Å². The van der Waals surface area contributed by atoms with E-state index in [1.807, 2.05) is 0 Å². The summed E-state index contributed by atoms with van der Waals surface area (Å²) >= 11 is 0. The Bertz CT molecular complexity index is 1030. The average Bonchev–Trinajstić information content (AvgIpc) is 3.14. The Morgan fingerprint density at radius 2 is 1.85 bits per heavy atom. The first kappa shape index (κ1) is 18.8. The smallest absolute Gasteiger partial charge is 0.241 e. The van der Waals surface area contributed by atoms with Crippen LogP contribution in [0.3, 0.4) is 0 Å². The van der Waals surface area contributed by atoms with Crippen molar-refractivity contribution in [1.29, 1.82) is 0 Å². The van der Waals surface area contributed by atoms with Gasteiger partial charge in [-0.05, 0) is 48.0 Å². The Kier molecular flexibility index (Phi) is 5.68. The molecule has 2 aromatic carbocycles. The number of anilines is 1. The van der Waals surface area contributed by atoms with Crippen LogP contribution in [-0.4, -0.2) is 14.3 Å². The molecular formula is C19H17FN2O4S. The Morgan fingerprint density at radius 1 is 1.04 bits per heavy atom. The van der Waals surface area contributed by atoms with Crippen molar-refractivity contribution >= 4 is 21.6 Å². The molecule has 0 aliphatic carbocycles. The van der Waals surface area contributed by atoms with Crippen molar-refractivity contribution in [2.75, 3.05) is 5.32 Å². The maximum absolute atomic E-state index is 13.2. The molecular weight excluding hydrogens is 371 g/mol. The molecule has 3 aromatic rings. The SMILES string of the molecule is O=C(Cc1cccc(F)c1)Nc1cccc(S(=O)(=O)NCc2ccco2)c1. The lowest BCUT2D eigenvalue weighted by Crippen LogP contribution is -2.23. The van der Waals surface area contributed by atoms with Gasteiger partial charge in [0, 0.05) is 5.69 Å². The molecule has 8 heteroatoms. The first-order valence-electron chi connectivity index (χ1n) is 8.09. The lowest BCUT2D eigenvalue weighted by molar-refractivity contribution is -0.115. The molecule has 0 aliphatic heterocycles. The van der Waals surface area contributed by atoms with Crippen molar-refractivity contribution in [1.82, 2.24) is 4.72 Å². The van der Waals surface area contributed by atoms with Gasteiger partial charge in [0.1, 0.15) is 11.6 Å². The van der Waals surface area contributed by atoms with Crippen LogP contribution in [0.2, 0.25) is 0 Å². The van der Waals surface area contributed by atoms with Crippen LogP contribution in [0.1, 0.15) is 11.3 Å². The first-order chi connectivity index (χ1) is 12.9. The highest BCUT2D eigenvalue weighted by Crippen LogP contribution is 2.16. The van der Waals surface area contributed by atoms with E-state index in [1.54, 1.807) is 24.3 Å². The number of nitrogens with one attached hydrogen (secondary N) is 2. The third-order valence-corrected chi connectivity index (χ3v) is 5.10. The molecule has 2 N–H and O–H groups in total. The van der Waals surface area contributed by atoms with E-state index in [0.29, 0.717) is 17.0 Å². The van der Waals surface area contributed by atoms with Crippen LogP contribution in [0.5, 0.6) is 0 Å². The van der Waals surface area contributed by atoms with Crippen LogP contribution in [0, 0.1) is 5.82 Å². The standard InChI is InChI=1S/C19H17FN2O4S/c20-15-5-1-4-14(10-15)11-19(23)22-16-6-2-8-18(12-16)27(24,25)21-13-17-7-3-9-26-17/h1-10,12,21H,11,13H2,(H,22,23). The van der Waals surface area contributed by atoms with Gasteiger partial charge in [0.25, 0.3) is 0 Å². The fourth-order valence-corrected chi connectivity index (χ4v) is 3.48. The molecule has 0 radical (unpaired) electrons. The molecule has 1 aromatic heterocycles. The van der Waals surface area contributed by atoms with Crippen molar-refractivity contribution in [2.24, 2.45) is 0 Å². The number of carbonyl (C=O) groups is 1. The van der Waals surface area contributed by atoms with Gasteiger partial charge < -0.3 is 9.73 Å². The third kappa shape index (κ3) is 5.25. The quantitative estimate of drug-likeness (QED) is 0.651. The highest BCUT2D eigenvalue weighted by atomic mass is 32.2. The van der Waals surface area contributed by atoms with Gasteiger partial charge >= 0.3 is 0 Å². The van der Waals surface area contributed by atoms with E-state index >= 15 is 0 Å². The van der Waals surface area contributed by atoms with Gasteiger partial charge in [-0.2, -0.15) is 0 Å². The molecule has 1 heterocycles. The zero-order valence-electron chi connectivity index (χ0n) is 14.2. The Balaban J connectivity index is 1.66. The summed E-state index contributed by atoms with van der Waals surface area (Å²) in [5.41, 5.74) is 0.855. The van der Waals surface area contributed by atoms with E-state index in [4.69, 9.17) is 4.42 Å². The summed E-state index contributed by atoms with van der Waals surface area (Å²) in [6, 6.07) is 14.9. The maximum atomic E-state index is 13.2. The molecule has 0 saturated heterocycles. The fraction of sp³-hybridized carbons (Fsp3) is 0.105. The summed E-state index contributed by atoms with van der Waals surface area (Å²) in [6.07, 6.45) is 1.43. The highest BCUT2D eigenvalue weighted by molar-refractivity contribution is 7.89. The number of hydrogen-bond donors (Lipinski definition) is 2. The Labute approximate surface area is 156 Å². The van der Waals surface area contributed by atoms with Gasteiger partial charge in [-0.3, -0.25) is 4.79 Å². The number of amides is 1. The van der Waals surface area contributed by atoms with E-state index in [0.717, 1.165) is 0 Å². The minimum Gasteiger partial charge on any atom is -0.468 e. The zero-order valence-corrected chi connectivity index (χ0v) is 15.0. The van der Waals surface area contributed by atoms with Gasteiger partial charge in [-0.15, -0.1) is 0 Å². The van der Waals surface area contributed by atoms with E-state index in [1.165, 1.54) is 42.7 Å². The number of carbonyl (C=O) groups excluding carboxylic acids is 1. The monoisotopic (exact) mass is 388 g/mol. The largest absolute Gasteiger partial charge is 0.468 e. The van der Waals surface area contributed by atoms with Crippen molar-refractivity contribution in [2.45, 2.75) is 17.9 Å². The second kappa shape index (κ2) is 8.15. The summed E-state index contributed by atoms with van der Waals surface area (Å²) < 4.78 is 45.5. The predicted octanol–water partition coefficient (Wildman–Crippen LogP) is 3.08. The molecule has 6 nitrogen and oxygen atoms in total. The first-order valence-corrected chi connectivity index (χ1v) is 9.57. The predicted molar refractivity (Wildman–Crippen MR) is 97.9 cm³/mol. The number of rotatable bonds is 7.